The summed E-state index contributed by atoms with van der Waals surface area (Å²) in [5.74, 6) is 1.24. The fraction of sp³-hybridized carbons (Fsp3) is 0.0625. The standard InChI is InChI=1S/C16H19N5O/c1-3-15(22-2)6-4-5-13(7-9-17)14(11-18)12-19-16-8-10-20-21-16/h3-12,18H,1,17H2,2H3,(H,20,21)/b5-4+,9-7?,14-13?,15-6+,18-11?,19-12?. The summed E-state index contributed by atoms with van der Waals surface area (Å²) >= 11 is 0. The number of aliphatic imine (C=N–C) groups is 1. The minimum Gasteiger partial charge on any atom is -0.497 e. The van der Waals surface area contributed by atoms with Crippen molar-refractivity contribution in [2.45, 2.75) is 0 Å². The highest BCUT2D eigenvalue weighted by atomic mass is 16.5. The molecule has 22 heavy (non-hydrogen) atoms. The van der Waals surface area contributed by atoms with Crippen molar-refractivity contribution in [3.63, 3.8) is 0 Å². The first-order valence-corrected chi connectivity index (χ1v) is 6.46. The number of nitrogens with zero attached hydrogens (tertiary/aromatic N) is 2. The maximum atomic E-state index is 7.53. The predicted octanol–water partition coefficient (Wildman–Crippen LogP) is 2.80. The van der Waals surface area contributed by atoms with E-state index in [9.17, 15) is 0 Å². The second-order valence-corrected chi connectivity index (χ2v) is 3.95. The van der Waals surface area contributed by atoms with Gasteiger partial charge in [-0.25, -0.2) is 4.99 Å². The van der Waals surface area contributed by atoms with Gasteiger partial charge >= 0.3 is 0 Å². The number of nitrogens with two attached hydrogens (primary N) is 1. The summed E-state index contributed by atoms with van der Waals surface area (Å²) in [6.45, 7) is 3.64. The van der Waals surface area contributed by atoms with E-state index in [0.717, 1.165) is 5.57 Å². The van der Waals surface area contributed by atoms with Crippen LogP contribution in [0.3, 0.4) is 0 Å². The summed E-state index contributed by atoms with van der Waals surface area (Å²) in [5, 5.41) is 14.0. The van der Waals surface area contributed by atoms with Crippen molar-refractivity contribution in [3.05, 3.63) is 72.3 Å². The molecule has 0 atom stereocenters. The molecule has 1 aromatic heterocycles. The largest absolute Gasteiger partial charge is 0.497 e. The lowest BCUT2D eigenvalue weighted by atomic mass is 10.1. The molecule has 6 heteroatoms. The Labute approximate surface area is 129 Å². The third-order valence-electron chi connectivity index (χ3n) is 2.57. The van der Waals surface area contributed by atoms with Gasteiger partial charge in [0.2, 0.25) is 0 Å². The molecule has 0 aliphatic rings. The van der Waals surface area contributed by atoms with Gasteiger partial charge in [0.15, 0.2) is 0 Å². The molecular formula is C16H19N5O. The van der Waals surface area contributed by atoms with E-state index < -0.39 is 0 Å². The Kier molecular flexibility index (Phi) is 7.46. The van der Waals surface area contributed by atoms with Gasteiger partial charge < -0.3 is 15.9 Å². The first-order valence-electron chi connectivity index (χ1n) is 6.46. The van der Waals surface area contributed by atoms with Gasteiger partial charge in [-0.15, -0.1) is 0 Å². The smallest absolute Gasteiger partial charge is 0.147 e. The molecule has 4 N–H and O–H groups in total. The third kappa shape index (κ3) is 5.46. The van der Waals surface area contributed by atoms with Gasteiger partial charge in [0.25, 0.3) is 0 Å². The van der Waals surface area contributed by atoms with Gasteiger partial charge in [-0.3, -0.25) is 5.10 Å². The van der Waals surface area contributed by atoms with Gasteiger partial charge in [-0.2, -0.15) is 5.10 Å². The summed E-state index contributed by atoms with van der Waals surface area (Å²) in [6.07, 6.45) is 14.4. The second-order valence-electron chi connectivity index (χ2n) is 3.95. The monoisotopic (exact) mass is 297 g/mol. The van der Waals surface area contributed by atoms with Crippen LogP contribution in [0, 0.1) is 5.41 Å². The number of hydrogen-bond donors (Lipinski definition) is 3. The molecule has 0 fully saturated rings. The van der Waals surface area contributed by atoms with Crippen LogP contribution in [0.4, 0.5) is 5.82 Å². The van der Waals surface area contributed by atoms with E-state index in [4.69, 9.17) is 15.9 Å². The summed E-state index contributed by atoms with van der Waals surface area (Å²) in [4.78, 5) is 4.20. The highest BCUT2D eigenvalue weighted by Gasteiger charge is 1.97. The molecule has 1 heterocycles. The van der Waals surface area contributed by atoms with Crippen molar-refractivity contribution in [2.75, 3.05) is 7.11 Å². The Balaban J connectivity index is 3.07. The molecule has 0 bridgehead atoms. The van der Waals surface area contributed by atoms with Crippen molar-refractivity contribution < 1.29 is 4.74 Å². The molecule has 0 aromatic carbocycles. The fourth-order valence-electron chi connectivity index (χ4n) is 1.47. The van der Waals surface area contributed by atoms with E-state index in [1.165, 1.54) is 12.4 Å². The second kappa shape index (κ2) is 9.71. The molecule has 0 saturated heterocycles. The molecule has 0 saturated carbocycles. The van der Waals surface area contributed by atoms with Gasteiger partial charge in [0, 0.05) is 24.1 Å². The number of aromatic nitrogens is 2. The maximum Gasteiger partial charge on any atom is 0.147 e. The van der Waals surface area contributed by atoms with Crippen LogP contribution in [-0.4, -0.2) is 29.7 Å². The van der Waals surface area contributed by atoms with E-state index in [1.54, 1.807) is 56.0 Å². The van der Waals surface area contributed by atoms with E-state index in [0.29, 0.717) is 17.2 Å². The number of hydrogen-bond acceptors (Lipinski definition) is 5. The van der Waals surface area contributed by atoms with Crippen LogP contribution >= 0.6 is 0 Å². The third-order valence-corrected chi connectivity index (χ3v) is 2.57. The Hall–Kier alpha value is -3.15. The Bertz CT molecular complexity index is 634. The molecule has 1 aromatic rings. The summed E-state index contributed by atoms with van der Waals surface area (Å²) < 4.78 is 5.08. The number of ether oxygens (including phenoxy) is 1. The first kappa shape index (κ1) is 16.9. The Morgan fingerprint density at radius 3 is 2.82 bits per heavy atom. The van der Waals surface area contributed by atoms with Crippen molar-refractivity contribution >= 4 is 18.2 Å². The van der Waals surface area contributed by atoms with E-state index in [-0.39, 0.29) is 0 Å². The summed E-state index contributed by atoms with van der Waals surface area (Å²) in [6, 6.07) is 1.73. The summed E-state index contributed by atoms with van der Waals surface area (Å²) in [5.41, 5.74) is 6.78. The molecule has 0 aliphatic heterocycles. The van der Waals surface area contributed by atoms with Gasteiger partial charge in [0.05, 0.1) is 13.3 Å². The van der Waals surface area contributed by atoms with Crippen LogP contribution in [0.1, 0.15) is 0 Å². The number of aromatic amines is 1. The molecule has 0 spiro atoms. The van der Waals surface area contributed by atoms with Crippen molar-refractivity contribution in [3.8, 4) is 0 Å². The van der Waals surface area contributed by atoms with E-state index >= 15 is 0 Å². The molecule has 0 unspecified atom stereocenters. The normalized spacial score (nSPS) is 13.8. The zero-order valence-corrected chi connectivity index (χ0v) is 12.4. The highest BCUT2D eigenvalue weighted by Crippen LogP contribution is 2.09. The quantitative estimate of drug-likeness (QED) is 0.391. The SMILES string of the molecule is C=C/C(=C\C=C\C(C=CN)=C(C=N)C=Nc1ccn[nH]1)OC. The number of methoxy groups -OCH3 is 1. The van der Waals surface area contributed by atoms with Crippen LogP contribution < -0.4 is 5.73 Å². The number of H-pyrrole nitrogens is 1. The van der Waals surface area contributed by atoms with Gasteiger partial charge in [-0.1, -0.05) is 18.7 Å². The van der Waals surface area contributed by atoms with Crippen LogP contribution in [0.15, 0.2) is 77.3 Å². The highest BCUT2D eigenvalue weighted by molar-refractivity contribution is 6.05. The molecule has 0 aliphatic carbocycles. The lowest BCUT2D eigenvalue weighted by Gasteiger charge is -1.99. The molecule has 114 valence electrons. The first-order chi connectivity index (χ1) is 10.7. The lowest BCUT2D eigenvalue weighted by molar-refractivity contribution is 0.307. The average molecular weight is 297 g/mol. The number of allylic oxidation sites excluding steroid dienone is 7. The molecule has 6 nitrogen and oxygen atoms in total. The fourth-order valence-corrected chi connectivity index (χ4v) is 1.47. The van der Waals surface area contributed by atoms with Crippen LogP contribution in [-0.2, 0) is 4.74 Å². The van der Waals surface area contributed by atoms with Crippen molar-refractivity contribution in [2.24, 2.45) is 10.7 Å². The molecule has 0 radical (unpaired) electrons. The summed E-state index contributed by atoms with van der Waals surface area (Å²) in [7, 11) is 1.57. The van der Waals surface area contributed by atoms with E-state index in [2.05, 4.69) is 21.8 Å². The van der Waals surface area contributed by atoms with Gasteiger partial charge in [0.1, 0.15) is 11.6 Å². The van der Waals surface area contributed by atoms with Gasteiger partial charge in [-0.05, 0) is 30.0 Å². The van der Waals surface area contributed by atoms with Crippen LogP contribution in [0.5, 0.6) is 0 Å². The number of rotatable bonds is 8. The maximum absolute atomic E-state index is 7.53. The Morgan fingerprint density at radius 2 is 2.27 bits per heavy atom. The average Bonchev–Trinajstić information content (AvgIpc) is 3.05. The molecular weight excluding hydrogens is 278 g/mol. The van der Waals surface area contributed by atoms with Crippen molar-refractivity contribution in [1.82, 2.24) is 10.2 Å². The van der Waals surface area contributed by atoms with Crippen LogP contribution in [0.2, 0.25) is 0 Å². The van der Waals surface area contributed by atoms with E-state index in [1.807, 2.05) is 0 Å². The van der Waals surface area contributed by atoms with Crippen molar-refractivity contribution in [1.29, 1.82) is 5.41 Å². The zero-order valence-electron chi connectivity index (χ0n) is 12.4. The molecule has 1 rings (SSSR count). The predicted molar refractivity (Wildman–Crippen MR) is 90.3 cm³/mol. The van der Waals surface area contributed by atoms with Crippen LogP contribution in [0.25, 0.3) is 0 Å². The Morgan fingerprint density at radius 1 is 1.45 bits per heavy atom. The molecule has 0 amide bonds. The topological polar surface area (TPSA) is 100 Å². The minimum atomic E-state index is 0.596. The zero-order chi connectivity index (χ0) is 16.2. The lowest BCUT2D eigenvalue weighted by Crippen LogP contribution is -1.92. The minimum absolute atomic E-state index is 0.596. The number of nitrogens with one attached hydrogen (secondary N) is 2.